The van der Waals surface area contributed by atoms with Crippen LogP contribution in [-0.2, 0) is 0 Å². The van der Waals surface area contributed by atoms with Crippen molar-refractivity contribution in [2.45, 2.75) is 0 Å². The molecular weight excluding hydrogens is 154 g/mol. The summed E-state index contributed by atoms with van der Waals surface area (Å²) in [5, 5.41) is 18.6. The molecule has 0 saturated heterocycles. The third kappa shape index (κ3) is 4.92. The number of hydrogen-bond acceptors (Lipinski definition) is 4. The van der Waals surface area contributed by atoms with Crippen molar-refractivity contribution in [1.82, 2.24) is 5.01 Å². The van der Waals surface area contributed by atoms with Gasteiger partial charge in [0.25, 0.3) is 0 Å². The van der Waals surface area contributed by atoms with E-state index in [2.05, 4.69) is 5.10 Å². The zero-order valence-corrected chi connectivity index (χ0v) is 6.51. The van der Waals surface area contributed by atoms with Crippen molar-refractivity contribution in [1.29, 1.82) is 10.8 Å². The third-order valence-electron chi connectivity index (χ3n) is 0.864. The van der Waals surface area contributed by atoms with E-state index >= 15 is 0 Å². The van der Waals surface area contributed by atoms with Crippen LogP contribution in [-0.4, -0.2) is 23.8 Å². The minimum absolute atomic E-state index is 1.01. The number of nitrogens with zero attached hydrogens (tertiary/aromatic N) is 2. The topological polar surface area (TPSA) is 89.3 Å². The molecule has 0 radical (unpaired) electrons. The zero-order chi connectivity index (χ0) is 9.23. The van der Waals surface area contributed by atoms with Crippen LogP contribution in [0.1, 0.15) is 0 Å². The quantitative estimate of drug-likeness (QED) is 0.315. The molecule has 0 spiro atoms. The predicted molar refractivity (Wildman–Crippen MR) is 50.4 cm³/mol. The highest BCUT2D eigenvalue weighted by Gasteiger charge is 1.83. The van der Waals surface area contributed by atoms with Gasteiger partial charge in [-0.15, -0.1) is 0 Å². The number of allylic oxidation sites excluding steroid dienone is 2. The van der Waals surface area contributed by atoms with Crippen LogP contribution >= 0.6 is 0 Å². The lowest BCUT2D eigenvalue weighted by Crippen LogP contribution is -2.05. The van der Waals surface area contributed by atoms with Crippen LogP contribution in [0.25, 0.3) is 0 Å². The van der Waals surface area contributed by atoms with Crippen molar-refractivity contribution in [2.75, 3.05) is 0 Å². The van der Waals surface area contributed by atoms with Gasteiger partial charge in [-0.2, -0.15) is 5.10 Å². The highest BCUT2D eigenvalue weighted by molar-refractivity contribution is 5.72. The van der Waals surface area contributed by atoms with Gasteiger partial charge in [-0.1, -0.05) is 0 Å². The second-order valence-electron chi connectivity index (χ2n) is 1.67. The lowest BCUT2D eigenvalue weighted by atomic mass is 10.6. The van der Waals surface area contributed by atoms with Gasteiger partial charge >= 0.3 is 0 Å². The van der Waals surface area contributed by atoms with Crippen molar-refractivity contribution >= 4 is 18.8 Å². The van der Waals surface area contributed by atoms with Crippen molar-refractivity contribution in [2.24, 2.45) is 10.8 Å². The minimum Gasteiger partial charge on any atom is -0.405 e. The highest BCUT2D eigenvalue weighted by Crippen LogP contribution is 1.83. The zero-order valence-electron chi connectivity index (χ0n) is 6.51. The molecule has 0 fully saturated rings. The number of nitrogens with one attached hydrogen (secondary N) is 2. The van der Waals surface area contributed by atoms with Gasteiger partial charge in [-0.25, -0.2) is 5.01 Å². The van der Waals surface area contributed by atoms with Crippen molar-refractivity contribution < 1.29 is 0 Å². The summed E-state index contributed by atoms with van der Waals surface area (Å²) in [5.41, 5.74) is 5.05. The van der Waals surface area contributed by atoms with E-state index in [1.807, 2.05) is 0 Å². The number of hydrogen-bond donors (Lipinski definition) is 3. The highest BCUT2D eigenvalue weighted by atomic mass is 15.4. The molecule has 0 rings (SSSR count). The number of nitrogens with two attached hydrogens (primary N) is 1. The first-order valence-electron chi connectivity index (χ1n) is 3.22. The maximum atomic E-state index is 6.88. The normalized spacial score (nSPS) is 11.3. The molecule has 64 valence electrons. The van der Waals surface area contributed by atoms with Crippen LogP contribution in [0, 0.1) is 10.8 Å². The molecule has 0 atom stereocenters. The molecule has 0 amide bonds. The van der Waals surface area contributed by atoms with Crippen LogP contribution in [0.2, 0.25) is 0 Å². The largest absolute Gasteiger partial charge is 0.405 e. The summed E-state index contributed by atoms with van der Waals surface area (Å²) < 4.78 is 0. The van der Waals surface area contributed by atoms with E-state index in [0.717, 1.165) is 12.6 Å². The summed E-state index contributed by atoms with van der Waals surface area (Å²) in [6.45, 7) is 0. The fraction of sp³-hybridized carbons (Fsp3) is 0. The Labute approximate surface area is 70.9 Å². The maximum Gasteiger partial charge on any atom is 0.108 e. The van der Waals surface area contributed by atoms with Gasteiger partial charge in [0.2, 0.25) is 0 Å². The molecule has 5 heteroatoms. The van der Waals surface area contributed by atoms with Crippen LogP contribution in [0.3, 0.4) is 0 Å². The van der Waals surface area contributed by atoms with E-state index in [1.165, 1.54) is 35.8 Å². The first-order valence-corrected chi connectivity index (χ1v) is 3.22. The van der Waals surface area contributed by atoms with Crippen molar-refractivity contribution in [3.05, 3.63) is 24.6 Å². The molecule has 12 heavy (non-hydrogen) atoms. The maximum absolute atomic E-state index is 6.88. The Balaban J connectivity index is 4.07. The molecule has 0 aliphatic rings. The summed E-state index contributed by atoms with van der Waals surface area (Å²) in [4.78, 5) is 0. The molecule has 0 bridgehead atoms. The van der Waals surface area contributed by atoms with Crippen LogP contribution in [0.4, 0.5) is 0 Å². The fourth-order valence-corrected chi connectivity index (χ4v) is 0.411. The molecular formula is C7H11N5. The summed E-state index contributed by atoms with van der Waals surface area (Å²) in [6, 6.07) is 0. The minimum atomic E-state index is 1.01. The average Bonchev–Trinajstić information content (AvgIpc) is 2.11. The number of rotatable bonds is 5. The van der Waals surface area contributed by atoms with E-state index in [0.29, 0.717) is 0 Å². The Bertz CT molecular complexity index is 216. The van der Waals surface area contributed by atoms with Gasteiger partial charge in [0.1, 0.15) is 6.34 Å². The molecule has 0 aliphatic carbocycles. The van der Waals surface area contributed by atoms with E-state index in [-0.39, 0.29) is 0 Å². The second kappa shape index (κ2) is 7.20. The molecule has 0 heterocycles. The number of hydrazone groups is 1. The predicted octanol–water partition coefficient (Wildman–Crippen LogP) is 0.517. The summed E-state index contributed by atoms with van der Waals surface area (Å²) in [7, 11) is 0. The summed E-state index contributed by atoms with van der Waals surface area (Å²) in [6.07, 6.45) is 9.36. The molecule has 0 aromatic carbocycles. The summed E-state index contributed by atoms with van der Waals surface area (Å²) >= 11 is 0. The third-order valence-corrected chi connectivity index (χ3v) is 0.864. The van der Waals surface area contributed by atoms with Crippen LogP contribution in [0.5, 0.6) is 0 Å². The van der Waals surface area contributed by atoms with E-state index in [1.54, 1.807) is 0 Å². The van der Waals surface area contributed by atoms with E-state index in [4.69, 9.17) is 16.6 Å². The monoisotopic (exact) mass is 165 g/mol. The molecule has 0 aliphatic heterocycles. The fourth-order valence-electron chi connectivity index (χ4n) is 0.411. The van der Waals surface area contributed by atoms with E-state index < -0.39 is 0 Å². The Morgan fingerprint density at radius 2 is 2.00 bits per heavy atom. The lowest BCUT2D eigenvalue weighted by Gasteiger charge is -2.02. The van der Waals surface area contributed by atoms with Crippen LogP contribution < -0.4 is 5.73 Å². The molecule has 4 N–H and O–H groups in total. The van der Waals surface area contributed by atoms with Crippen LogP contribution in [0.15, 0.2) is 29.7 Å². The second-order valence-corrected chi connectivity index (χ2v) is 1.67. The molecule has 5 nitrogen and oxygen atoms in total. The van der Waals surface area contributed by atoms with Gasteiger partial charge in [0, 0.05) is 18.6 Å². The van der Waals surface area contributed by atoms with Crippen molar-refractivity contribution in [3.63, 3.8) is 0 Å². The molecule has 0 aromatic heterocycles. The van der Waals surface area contributed by atoms with Gasteiger partial charge in [0.05, 0.1) is 0 Å². The standard InChI is InChI=1S/C7H11N5/c8-3-1-5-11-12(7-10)6-2-4-9/h1-7,9-10H,8H2/b3-1-,6-2-,9-4?,10-7?,11-5+. The first kappa shape index (κ1) is 10.1. The van der Waals surface area contributed by atoms with Gasteiger partial charge in [-0.3, -0.25) is 5.41 Å². The smallest absolute Gasteiger partial charge is 0.108 e. The van der Waals surface area contributed by atoms with Gasteiger partial charge in [0.15, 0.2) is 0 Å². The molecule has 0 unspecified atom stereocenters. The molecule has 0 aromatic rings. The lowest BCUT2D eigenvalue weighted by molar-refractivity contribution is 0.622. The Morgan fingerprint density at radius 1 is 1.25 bits per heavy atom. The Morgan fingerprint density at radius 3 is 2.50 bits per heavy atom. The average molecular weight is 165 g/mol. The Hall–Kier alpha value is -1.91. The SMILES string of the molecule is N=C/C=C\N(C=N)/N=C/C=C\N. The van der Waals surface area contributed by atoms with Crippen molar-refractivity contribution in [3.8, 4) is 0 Å². The van der Waals surface area contributed by atoms with Gasteiger partial charge in [-0.05, 0) is 18.4 Å². The molecule has 0 saturated carbocycles. The van der Waals surface area contributed by atoms with Gasteiger partial charge < -0.3 is 11.1 Å². The summed E-state index contributed by atoms with van der Waals surface area (Å²) in [5.74, 6) is 0. The van der Waals surface area contributed by atoms with E-state index in [9.17, 15) is 0 Å². The Kier molecular flexibility index (Phi) is 6.05. The first-order chi connectivity index (χ1) is 5.85.